The summed E-state index contributed by atoms with van der Waals surface area (Å²) in [5.41, 5.74) is 1.13. The van der Waals surface area contributed by atoms with Crippen LogP contribution < -0.4 is 0 Å². The van der Waals surface area contributed by atoms with Gasteiger partial charge in [0.05, 0.1) is 19.1 Å². The third-order valence-corrected chi connectivity index (χ3v) is 2.99. The molecule has 0 aliphatic carbocycles. The lowest BCUT2D eigenvalue weighted by molar-refractivity contribution is -0.0252. The fourth-order valence-corrected chi connectivity index (χ4v) is 2.00. The molecule has 4 N–H and O–H groups in total. The maximum absolute atomic E-state index is 9.84. The summed E-state index contributed by atoms with van der Waals surface area (Å²) in [6, 6.07) is 0. The molecule has 96 valence electrons. The highest BCUT2D eigenvalue weighted by molar-refractivity contribution is 5.68. The highest BCUT2D eigenvalue weighted by atomic mass is 16.6. The van der Waals surface area contributed by atoms with Gasteiger partial charge in [0.15, 0.2) is 11.5 Å². The van der Waals surface area contributed by atoms with E-state index in [2.05, 4.69) is 19.9 Å². The summed E-state index contributed by atoms with van der Waals surface area (Å²) < 4.78 is 5.33. The smallest absolute Gasteiger partial charge is 0.180 e. The van der Waals surface area contributed by atoms with Crippen LogP contribution in [0.3, 0.4) is 0 Å². The SMILES string of the molecule is OC[C@H]1OC(c2ncc3[nH]cnc3n2)[C@H](O)[C@@H]1O. The molecule has 0 bridgehead atoms. The molecule has 8 nitrogen and oxygen atoms in total. The van der Waals surface area contributed by atoms with Crippen molar-refractivity contribution >= 4 is 11.2 Å². The minimum Gasteiger partial charge on any atom is -0.394 e. The molecule has 4 atom stereocenters. The van der Waals surface area contributed by atoms with Crippen molar-refractivity contribution in [1.29, 1.82) is 0 Å². The average Bonchev–Trinajstić information content (AvgIpc) is 2.95. The number of imidazole rings is 1. The Morgan fingerprint density at radius 3 is 2.83 bits per heavy atom. The second kappa shape index (κ2) is 4.25. The molecule has 8 heteroatoms. The molecule has 2 aromatic rings. The zero-order valence-corrected chi connectivity index (χ0v) is 9.26. The number of aromatic nitrogens is 4. The van der Waals surface area contributed by atoms with E-state index in [1.165, 1.54) is 12.5 Å². The quantitative estimate of drug-likeness (QED) is 0.513. The summed E-state index contributed by atoms with van der Waals surface area (Å²) in [6.45, 7) is -0.376. The fourth-order valence-electron chi connectivity index (χ4n) is 2.00. The van der Waals surface area contributed by atoms with Crippen LogP contribution in [0.2, 0.25) is 0 Å². The second-order valence-electron chi connectivity index (χ2n) is 4.13. The van der Waals surface area contributed by atoms with E-state index in [0.29, 0.717) is 11.2 Å². The predicted molar refractivity (Wildman–Crippen MR) is 58.4 cm³/mol. The van der Waals surface area contributed by atoms with Crippen LogP contribution in [0.4, 0.5) is 0 Å². The lowest BCUT2D eigenvalue weighted by Crippen LogP contribution is -2.32. The van der Waals surface area contributed by atoms with E-state index in [1.54, 1.807) is 0 Å². The molecule has 1 aliphatic rings. The number of aromatic amines is 1. The van der Waals surface area contributed by atoms with Gasteiger partial charge in [-0.15, -0.1) is 0 Å². The lowest BCUT2D eigenvalue weighted by Gasteiger charge is -2.12. The molecule has 1 aliphatic heterocycles. The Labute approximate surface area is 101 Å². The predicted octanol–water partition coefficient (Wildman–Crippen LogP) is -1.49. The van der Waals surface area contributed by atoms with Gasteiger partial charge in [0.1, 0.15) is 29.9 Å². The molecular weight excluding hydrogens is 240 g/mol. The Morgan fingerprint density at radius 1 is 1.28 bits per heavy atom. The zero-order valence-electron chi connectivity index (χ0n) is 9.26. The molecule has 2 aromatic heterocycles. The van der Waals surface area contributed by atoms with Gasteiger partial charge >= 0.3 is 0 Å². The van der Waals surface area contributed by atoms with Crippen molar-refractivity contribution in [3.8, 4) is 0 Å². The summed E-state index contributed by atoms with van der Waals surface area (Å²) in [5, 5.41) is 28.5. The lowest BCUT2D eigenvalue weighted by atomic mass is 10.1. The molecular formula is C10H12N4O4. The first-order valence-electron chi connectivity index (χ1n) is 5.49. The second-order valence-corrected chi connectivity index (χ2v) is 4.13. The van der Waals surface area contributed by atoms with E-state index in [9.17, 15) is 10.2 Å². The Bertz CT molecular complexity index is 560. The molecule has 1 unspecified atom stereocenters. The van der Waals surface area contributed by atoms with Gasteiger partial charge in [-0.25, -0.2) is 15.0 Å². The topological polar surface area (TPSA) is 124 Å². The van der Waals surface area contributed by atoms with Crippen LogP contribution in [0.1, 0.15) is 11.9 Å². The zero-order chi connectivity index (χ0) is 12.7. The number of aliphatic hydroxyl groups is 3. The van der Waals surface area contributed by atoms with Crippen molar-refractivity contribution in [3.05, 3.63) is 18.3 Å². The van der Waals surface area contributed by atoms with Gasteiger partial charge in [-0.3, -0.25) is 0 Å². The third kappa shape index (κ3) is 1.66. The number of fused-ring (bicyclic) bond motifs is 1. The number of nitrogens with zero attached hydrogens (tertiary/aromatic N) is 3. The van der Waals surface area contributed by atoms with Crippen LogP contribution in [0.15, 0.2) is 12.5 Å². The van der Waals surface area contributed by atoms with Gasteiger partial charge in [0, 0.05) is 0 Å². The van der Waals surface area contributed by atoms with Gasteiger partial charge in [-0.1, -0.05) is 0 Å². The fraction of sp³-hybridized carbons (Fsp3) is 0.500. The normalized spacial score (nSPS) is 32.2. The highest BCUT2D eigenvalue weighted by Gasteiger charge is 2.44. The standard InChI is InChI=1S/C10H12N4O4/c15-2-5-6(16)7(17)8(18-5)10-11-1-4-9(14-10)13-3-12-4/h1,3,5-8,15-17H,2H2,(H,11,12,13,14)/t5-,6-,7-,8?/m1/s1. The number of rotatable bonds is 2. The number of ether oxygens (including phenoxy) is 1. The molecule has 18 heavy (non-hydrogen) atoms. The molecule has 0 aromatic carbocycles. The van der Waals surface area contributed by atoms with Gasteiger partial charge in [-0.05, 0) is 0 Å². The van der Waals surface area contributed by atoms with Crippen molar-refractivity contribution in [3.63, 3.8) is 0 Å². The van der Waals surface area contributed by atoms with E-state index in [0.717, 1.165) is 0 Å². The van der Waals surface area contributed by atoms with Gasteiger partial charge in [0.2, 0.25) is 0 Å². The van der Waals surface area contributed by atoms with Crippen LogP contribution >= 0.6 is 0 Å². The Kier molecular flexibility index (Phi) is 2.71. The Hall–Kier alpha value is -1.61. The first kappa shape index (κ1) is 11.5. The minimum atomic E-state index is -1.17. The van der Waals surface area contributed by atoms with E-state index in [-0.39, 0.29) is 12.4 Å². The van der Waals surface area contributed by atoms with Crippen molar-refractivity contribution in [1.82, 2.24) is 19.9 Å². The summed E-state index contributed by atoms with van der Waals surface area (Å²) >= 11 is 0. The first-order chi connectivity index (χ1) is 8.70. The first-order valence-corrected chi connectivity index (χ1v) is 5.49. The Morgan fingerprint density at radius 2 is 2.11 bits per heavy atom. The number of hydrogen-bond donors (Lipinski definition) is 4. The van der Waals surface area contributed by atoms with Crippen LogP contribution in [-0.2, 0) is 4.74 Å². The number of nitrogens with one attached hydrogen (secondary N) is 1. The van der Waals surface area contributed by atoms with E-state index >= 15 is 0 Å². The molecule has 0 amide bonds. The molecule has 0 spiro atoms. The monoisotopic (exact) mass is 252 g/mol. The van der Waals surface area contributed by atoms with Gasteiger partial charge in [-0.2, -0.15) is 0 Å². The van der Waals surface area contributed by atoms with E-state index < -0.39 is 24.4 Å². The molecule has 1 saturated heterocycles. The summed E-state index contributed by atoms with van der Waals surface area (Å²) in [5.74, 6) is 0.233. The number of H-pyrrole nitrogens is 1. The molecule has 0 saturated carbocycles. The van der Waals surface area contributed by atoms with Crippen molar-refractivity contribution in [2.24, 2.45) is 0 Å². The van der Waals surface area contributed by atoms with Crippen LogP contribution in [-0.4, -0.2) is 60.2 Å². The van der Waals surface area contributed by atoms with Crippen LogP contribution in [0, 0.1) is 0 Å². The summed E-state index contributed by atoms with van der Waals surface area (Å²) in [4.78, 5) is 15.0. The van der Waals surface area contributed by atoms with Crippen molar-refractivity contribution in [2.45, 2.75) is 24.4 Å². The third-order valence-electron chi connectivity index (χ3n) is 2.99. The summed E-state index contributed by atoms with van der Waals surface area (Å²) in [7, 11) is 0. The number of aliphatic hydroxyl groups excluding tert-OH is 3. The largest absolute Gasteiger partial charge is 0.394 e. The molecule has 1 fully saturated rings. The minimum absolute atomic E-state index is 0.233. The van der Waals surface area contributed by atoms with Gasteiger partial charge < -0.3 is 25.0 Å². The van der Waals surface area contributed by atoms with Gasteiger partial charge in [0.25, 0.3) is 0 Å². The van der Waals surface area contributed by atoms with Crippen molar-refractivity contribution in [2.75, 3.05) is 6.61 Å². The van der Waals surface area contributed by atoms with Crippen LogP contribution in [0.25, 0.3) is 11.2 Å². The highest BCUT2D eigenvalue weighted by Crippen LogP contribution is 2.31. The number of hydrogen-bond acceptors (Lipinski definition) is 7. The van der Waals surface area contributed by atoms with E-state index in [1.807, 2.05) is 0 Å². The molecule has 3 heterocycles. The Balaban J connectivity index is 1.94. The maximum atomic E-state index is 9.84. The molecule has 3 rings (SSSR count). The summed E-state index contributed by atoms with van der Waals surface area (Å²) in [6.07, 6.45) is -1.00. The van der Waals surface area contributed by atoms with E-state index in [4.69, 9.17) is 9.84 Å². The maximum Gasteiger partial charge on any atom is 0.180 e. The average molecular weight is 252 g/mol. The van der Waals surface area contributed by atoms with Crippen LogP contribution in [0.5, 0.6) is 0 Å². The van der Waals surface area contributed by atoms with Crippen molar-refractivity contribution < 1.29 is 20.1 Å². The molecule has 0 radical (unpaired) electrons.